The molecule has 174 valence electrons. The number of rotatable bonds is 13. The lowest BCUT2D eigenvalue weighted by Crippen LogP contribution is -2.49. The Morgan fingerprint density at radius 2 is 1.84 bits per heavy atom. The summed E-state index contributed by atoms with van der Waals surface area (Å²) in [6.45, 7) is 4.90. The fraction of sp³-hybridized carbons (Fsp3) is 0.440. The maximum atomic E-state index is 13.2. The number of halogens is 2. The lowest BCUT2D eigenvalue weighted by molar-refractivity contribution is -0.141. The third kappa shape index (κ3) is 8.68. The van der Waals surface area contributed by atoms with Crippen LogP contribution in [0.2, 0.25) is 10.0 Å². The van der Waals surface area contributed by atoms with Crippen LogP contribution in [0.3, 0.4) is 0 Å². The molecule has 4 nitrogen and oxygen atoms in total. The van der Waals surface area contributed by atoms with Crippen LogP contribution in [0.1, 0.15) is 50.7 Å². The average Bonchev–Trinajstić information content (AvgIpc) is 2.78. The summed E-state index contributed by atoms with van der Waals surface area (Å²) in [5, 5.41) is 4.01. The summed E-state index contributed by atoms with van der Waals surface area (Å²) in [4.78, 5) is 27.8. The lowest BCUT2D eigenvalue weighted by Gasteiger charge is -2.31. The Morgan fingerprint density at radius 1 is 1.09 bits per heavy atom. The van der Waals surface area contributed by atoms with E-state index >= 15 is 0 Å². The predicted octanol–water partition coefficient (Wildman–Crippen LogP) is 6.34. The number of benzene rings is 2. The summed E-state index contributed by atoms with van der Waals surface area (Å²) < 4.78 is 0. The Kier molecular flexibility index (Phi) is 12.0. The highest BCUT2D eigenvalue weighted by Crippen LogP contribution is 2.24. The van der Waals surface area contributed by atoms with Crippen LogP contribution in [0.15, 0.2) is 48.5 Å². The molecule has 7 heteroatoms. The van der Waals surface area contributed by atoms with Crippen LogP contribution in [-0.2, 0) is 21.9 Å². The summed E-state index contributed by atoms with van der Waals surface area (Å²) in [6, 6.07) is 14.9. The van der Waals surface area contributed by atoms with Gasteiger partial charge in [-0.15, -0.1) is 0 Å². The van der Waals surface area contributed by atoms with Crippen molar-refractivity contribution in [2.45, 2.75) is 57.9 Å². The molecule has 0 aromatic heterocycles. The zero-order valence-corrected chi connectivity index (χ0v) is 21.1. The molecule has 0 aliphatic rings. The molecule has 0 bridgehead atoms. The summed E-state index contributed by atoms with van der Waals surface area (Å²) in [5.41, 5.74) is 2.01. The number of carbonyl (C=O) groups excluding carboxylic acids is 2. The van der Waals surface area contributed by atoms with E-state index in [1.54, 1.807) is 28.8 Å². The summed E-state index contributed by atoms with van der Waals surface area (Å²) >= 11 is 14.1. The number of amides is 2. The Bertz CT molecular complexity index is 864. The van der Waals surface area contributed by atoms with Crippen molar-refractivity contribution in [2.24, 2.45) is 0 Å². The Labute approximate surface area is 206 Å². The highest BCUT2D eigenvalue weighted by molar-refractivity contribution is 7.98. The highest BCUT2D eigenvalue weighted by Gasteiger charge is 2.28. The molecule has 1 atom stereocenters. The average molecular weight is 496 g/mol. The first kappa shape index (κ1) is 26.6. The number of hydrogen-bond donors (Lipinski definition) is 1. The second-order valence-corrected chi connectivity index (χ2v) is 9.56. The maximum absolute atomic E-state index is 13.2. The highest BCUT2D eigenvalue weighted by atomic mass is 35.5. The Balaban J connectivity index is 2.08. The van der Waals surface area contributed by atoms with E-state index in [0.717, 1.165) is 24.2 Å². The standard InChI is InChI=1S/C25H32Cl2N2O2S/c1-3-5-14-28-25(31)23(4-2)29(17-20-11-12-21(26)16-22(20)27)24(30)13-15-32-18-19-9-7-6-8-10-19/h6-12,16,23H,3-5,13-15,17-18H2,1-2H3,(H,28,31). The van der Waals surface area contributed by atoms with E-state index in [4.69, 9.17) is 23.2 Å². The van der Waals surface area contributed by atoms with Gasteiger partial charge in [-0.05, 0) is 36.1 Å². The molecule has 1 unspecified atom stereocenters. The molecule has 0 saturated heterocycles. The van der Waals surface area contributed by atoms with Crippen molar-refractivity contribution >= 4 is 46.8 Å². The van der Waals surface area contributed by atoms with Gasteiger partial charge in [-0.2, -0.15) is 11.8 Å². The summed E-state index contributed by atoms with van der Waals surface area (Å²) in [5.74, 6) is 1.38. The van der Waals surface area contributed by atoms with Crippen LogP contribution in [-0.4, -0.2) is 35.1 Å². The van der Waals surface area contributed by atoms with Crippen LogP contribution in [0.5, 0.6) is 0 Å². The van der Waals surface area contributed by atoms with Crippen molar-refractivity contribution in [3.8, 4) is 0 Å². The molecular formula is C25H32Cl2N2O2S. The van der Waals surface area contributed by atoms with Crippen molar-refractivity contribution in [2.75, 3.05) is 12.3 Å². The van der Waals surface area contributed by atoms with Crippen LogP contribution in [0.4, 0.5) is 0 Å². The quantitative estimate of drug-likeness (QED) is 0.330. The number of nitrogens with one attached hydrogen (secondary N) is 1. The molecule has 0 fully saturated rings. The minimum Gasteiger partial charge on any atom is -0.354 e. The zero-order chi connectivity index (χ0) is 23.3. The molecule has 0 heterocycles. The third-order valence-electron chi connectivity index (χ3n) is 5.14. The first-order chi connectivity index (χ1) is 15.5. The van der Waals surface area contributed by atoms with Gasteiger partial charge in [-0.3, -0.25) is 9.59 Å². The van der Waals surface area contributed by atoms with Gasteiger partial charge in [0.2, 0.25) is 11.8 Å². The molecule has 2 amide bonds. The van der Waals surface area contributed by atoms with E-state index in [-0.39, 0.29) is 18.4 Å². The van der Waals surface area contributed by atoms with E-state index in [1.807, 2.05) is 31.2 Å². The van der Waals surface area contributed by atoms with Crippen LogP contribution < -0.4 is 5.32 Å². The van der Waals surface area contributed by atoms with Crippen molar-refractivity contribution < 1.29 is 9.59 Å². The topological polar surface area (TPSA) is 49.4 Å². The van der Waals surface area contributed by atoms with Gasteiger partial charge in [-0.1, -0.05) is 79.9 Å². The van der Waals surface area contributed by atoms with Crippen molar-refractivity contribution in [3.05, 3.63) is 69.7 Å². The smallest absolute Gasteiger partial charge is 0.242 e. The van der Waals surface area contributed by atoms with E-state index in [9.17, 15) is 9.59 Å². The molecule has 0 aliphatic heterocycles. The zero-order valence-electron chi connectivity index (χ0n) is 18.8. The monoisotopic (exact) mass is 494 g/mol. The van der Waals surface area contributed by atoms with Gasteiger partial charge in [0.05, 0.1) is 0 Å². The minimum absolute atomic E-state index is 0.0472. The van der Waals surface area contributed by atoms with Crippen molar-refractivity contribution in [1.29, 1.82) is 0 Å². The second-order valence-electron chi connectivity index (χ2n) is 7.61. The van der Waals surface area contributed by atoms with Crippen molar-refractivity contribution in [3.63, 3.8) is 0 Å². The maximum Gasteiger partial charge on any atom is 0.242 e. The van der Waals surface area contributed by atoms with Gasteiger partial charge in [0, 0.05) is 41.1 Å². The van der Waals surface area contributed by atoms with Gasteiger partial charge in [0.1, 0.15) is 6.04 Å². The van der Waals surface area contributed by atoms with E-state index in [1.165, 1.54) is 5.56 Å². The van der Waals surface area contributed by atoms with Gasteiger partial charge >= 0.3 is 0 Å². The number of carbonyl (C=O) groups is 2. The summed E-state index contributed by atoms with van der Waals surface area (Å²) in [6.07, 6.45) is 2.81. The van der Waals surface area contributed by atoms with Crippen molar-refractivity contribution in [1.82, 2.24) is 10.2 Å². The molecule has 32 heavy (non-hydrogen) atoms. The van der Waals surface area contributed by atoms with E-state index in [0.29, 0.717) is 35.2 Å². The number of thioether (sulfide) groups is 1. The molecule has 0 saturated carbocycles. The molecule has 2 aromatic rings. The van der Waals surface area contributed by atoms with Crippen LogP contribution >= 0.6 is 35.0 Å². The minimum atomic E-state index is -0.537. The van der Waals surface area contributed by atoms with E-state index < -0.39 is 6.04 Å². The fourth-order valence-electron chi connectivity index (χ4n) is 3.33. The lowest BCUT2D eigenvalue weighted by atomic mass is 10.1. The fourth-order valence-corrected chi connectivity index (χ4v) is 4.69. The van der Waals surface area contributed by atoms with E-state index in [2.05, 4.69) is 24.4 Å². The predicted molar refractivity (Wildman–Crippen MR) is 136 cm³/mol. The van der Waals surface area contributed by atoms with Gasteiger partial charge in [0.25, 0.3) is 0 Å². The molecule has 1 N–H and O–H groups in total. The number of hydrogen-bond acceptors (Lipinski definition) is 3. The summed E-state index contributed by atoms with van der Waals surface area (Å²) in [7, 11) is 0. The second kappa shape index (κ2) is 14.5. The van der Waals surface area contributed by atoms with Crippen LogP contribution in [0, 0.1) is 0 Å². The largest absolute Gasteiger partial charge is 0.354 e. The molecule has 0 spiro atoms. The van der Waals surface area contributed by atoms with Gasteiger partial charge in [-0.25, -0.2) is 0 Å². The first-order valence-corrected chi connectivity index (χ1v) is 13.0. The van der Waals surface area contributed by atoms with Gasteiger partial charge < -0.3 is 10.2 Å². The normalized spacial score (nSPS) is 11.8. The molecular weight excluding hydrogens is 463 g/mol. The first-order valence-electron chi connectivity index (χ1n) is 11.1. The Morgan fingerprint density at radius 3 is 2.50 bits per heavy atom. The van der Waals surface area contributed by atoms with Crippen LogP contribution in [0.25, 0.3) is 0 Å². The number of unbranched alkanes of at least 4 members (excludes halogenated alkanes) is 1. The Hall–Kier alpha value is -1.69. The third-order valence-corrected chi connectivity index (χ3v) is 6.76. The molecule has 2 aromatic carbocycles. The molecule has 2 rings (SSSR count). The molecule has 0 radical (unpaired) electrons. The van der Waals surface area contributed by atoms with Gasteiger partial charge in [0.15, 0.2) is 0 Å². The molecule has 0 aliphatic carbocycles. The number of nitrogens with zero attached hydrogens (tertiary/aromatic N) is 1. The SMILES string of the molecule is CCCCNC(=O)C(CC)N(Cc1ccc(Cl)cc1Cl)C(=O)CCSCc1ccccc1.